The van der Waals surface area contributed by atoms with Crippen LogP contribution in [0.25, 0.3) is 10.8 Å². The lowest BCUT2D eigenvalue weighted by Crippen LogP contribution is -2.45. The molecule has 7 nitrogen and oxygen atoms in total. The van der Waals surface area contributed by atoms with Crippen LogP contribution in [0.15, 0.2) is 54.6 Å². The van der Waals surface area contributed by atoms with Crippen molar-refractivity contribution in [1.29, 1.82) is 0 Å². The van der Waals surface area contributed by atoms with Gasteiger partial charge in [0, 0.05) is 25.2 Å². The first kappa shape index (κ1) is 23.0. The minimum atomic E-state index is -0.785. The van der Waals surface area contributed by atoms with Crippen LogP contribution < -0.4 is 10.6 Å². The molecule has 1 heterocycles. The normalized spacial score (nSPS) is 26.3. The number of allylic oxidation sites excluding steroid dienone is 1. The lowest BCUT2D eigenvalue weighted by molar-refractivity contribution is -0.140. The Morgan fingerprint density at radius 3 is 2.52 bits per heavy atom. The minimum absolute atomic E-state index is 0.0500. The Balaban J connectivity index is 1.66. The number of aliphatic hydroxyl groups is 1. The van der Waals surface area contributed by atoms with Gasteiger partial charge in [0.1, 0.15) is 6.04 Å². The molecule has 0 unspecified atom stereocenters. The van der Waals surface area contributed by atoms with Crippen LogP contribution in [-0.2, 0) is 14.4 Å². The van der Waals surface area contributed by atoms with Crippen molar-refractivity contribution in [3.05, 3.63) is 54.6 Å². The van der Waals surface area contributed by atoms with E-state index in [0.29, 0.717) is 5.69 Å². The maximum atomic E-state index is 13.5. The minimum Gasteiger partial charge on any atom is -0.395 e. The van der Waals surface area contributed by atoms with Gasteiger partial charge in [0.15, 0.2) is 0 Å². The van der Waals surface area contributed by atoms with Gasteiger partial charge in [-0.3, -0.25) is 14.4 Å². The number of carbonyl (C=O) groups is 3. The van der Waals surface area contributed by atoms with E-state index >= 15 is 0 Å². The summed E-state index contributed by atoms with van der Waals surface area (Å²) in [6, 6.07) is 12.8. The quantitative estimate of drug-likeness (QED) is 0.566. The zero-order valence-electron chi connectivity index (χ0n) is 19.0. The predicted molar refractivity (Wildman–Crippen MR) is 127 cm³/mol. The Morgan fingerprint density at radius 2 is 1.82 bits per heavy atom. The monoisotopic (exact) mass is 449 g/mol. The third-order valence-electron chi connectivity index (χ3n) is 6.91. The zero-order chi connectivity index (χ0) is 23.5. The van der Waals surface area contributed by atoms with Crippen molar-refractivity contribution in [3.63, 3.8) is 0 Å². The van der Waals surface area contributed by atoms with E-state index in [1.165, 1.54) is 4.90 Å². The maximum Gasteiger partial charge on any atom is 0.247 e. The van der Waals surface area contributed by atoms with Crippen LogP contribution in [0, 0.1) is 23.7 Å². The molecule has 174 valence electrons. The maximum absolute atomic E-state index is 13.5. The third-order valence-corrected chi connectivity index (χ3v) is 6.91. The highest BCUT2D eigenvalue weighted by Gasteiger charge is 2.56. The number of likely N-dealkylation sites (tertiary alicyclic amines) is 1. The standard InChI is InChI=1S/C26H31N3O4/c1-3-6-17-10-12-20-22(21(17)24(31)27-2)26(33)29(13-14-30)23(20)25(32)28-19-11-9-16-7-4-5-8-18(16)15-19/h4-5,7-12,15,17,20-23,30H,3,6,13-14H2,1-2H3,(H,27,31)(H,28,32)/t17-,20+,21-,22-,23+/m1/s1. The Morgan fingerprint density at radius 1 is 1.06 bits per heavy atom. The number of β-amino-alcohol motifs (C(OH)–C–C–N with tert-alkyl or cyclic N) is 1. The highest BCUT2D eigenvalue weighted by atomic mass is 16.3. The van der Waals surface area contributed by atoms with Crippen molar-refractivity contribution >= 4 is 34.2 Å². The summed E-state index contributed by atoms with van der Waals surface area (Å²) in [5.41, 5.74) is 0.644. The van der Waals surface area contributed by atoms with Gasteiger partial charge in [-0.1, -0.05) is 55.8 Å². The molecule has 0 radical (unpaired) electrons. The lowest BCUT2D eigenvalue weighted by Gasteiger charge is -2.34. The zero-order valence-corrected chi connectivity index (χ0v) is 19.0. The second-order valence-electron chi connectivity index (χ2n) is 8.83. The fourth-order valence-electron chi connectivity index (χ4n) is 5.46. The van der Waals surface area contributed by atoms with Crippen molar-refractivity contribution in [2.24, 2.45) is 23.7 Å². The first-order valence-corrected chi connectivity index (χ1v) is 11.6. The second kappa shape index (κ2) is 9.75. The molecule has 4 rings (SSSR count). The van der Waals surface area contributed by atoms with E-state index < -0.39 is 23.8 Å². The smallest absolute Gasteiger partial charge is 0.247 e. The van der Waals surface area contributed by atoms with Crippen molar-refractivity contribution in [1.82, 2.24) is 10.2 Å². The molecule has 0 aromatic heterocycles. The van der Waals surface area contributed by atoms with Crippen LogP contribution in [-0.4, -0.2) is 54.0 Å². The van der Waals surface area contributed by atoms with E-state index in [0.717, 1.165) is 23.6 Å². The molecule has 0 bridgehead atoms. The van der Waals surface area contributed by atoms with Crippen LogP contribution in [0.5, 0.6) is 0 Å². The number of carbonyl (C=O) groups excluding carboxylic acids is 3. The van der Waals surface area contributed by atoms with Crippen LogP contribution in [0.3, 0.4) is 0 Å². The average molecular weight is 450 g/mol. The topological polar surface area (TPSA) is 98.7 Å². The molecule has 2 aromatic rings. The Hall–Kier alpha value is -3.19. The van der Waals surface area contributed by atoms with Gasteiger partial charge in [-0.25, -0.2) is 0 Å². The van der Waals surface area contributed by atoms with Crippen molar-refractivity contribution in [2.75, 3.05) is 25.5 Å². The van der Waals surface area contributed by atoms with E-state index in [2.05, 4.69) is 17.6 Å². The van der Waals surface area contributed by atoms with Crippen LogP contribution in [0.2, 0.25) is 0 Å². The van der Waals surface area contributed by atoms with Crippen molar-refractivity contribution in [2.45, 2.75) is 25.8 Å². The number of amides is 3. The number of nitrogens with zero attached hydrogens (tertiary/aromatic N) is 1. The van der Waals surface area contributed by atoms with E-state index in [4.69, 9.17) is 0 Å². The van der Waals surface area contributed by atoms with Gasteiger partial charge in [0.25, 0.3) is 0 Å². The fourth-order valence-corrected chi connectivity index (χ4v) is 5.46. The molecule has 5 atom stereocenters. The van der Waals surface area contributed by atoms with Crippen molar-refractivity contribution < 1.29 is 19.5 Å². The van der Waals surface area contributed by atoms with Gasteiger partial charge in [-0.05, 0) is 35.2 Å². The molecule has 2 aromatic carbocycles. The Kier molecular flexibility index (Phi) is 6.79. The van der Waals surface area contributed by atoms with E-state index in [9.17, 15) is 19.5 Å². The molecule has 0 spiro atoms. The highest BCUT2D eigenvalue weighted by molar-refractivity contribution is 6.02. The number of fused-ring (bicyclic) bond motifs is 2. The van der Waals surface area contributed by atoms with E-state index in [-0.39, 0.29) is 36.8 Å². The Labute approximate surface area is 193 Å². The molecule has 1 saturated heterocycles. The van der Waals surface area contributed by atoms with Gasteiger partial charge < -0.3 is 20.6 Å². The molecule has 3 N–H and O–H groups in total. The average Bonchev–Trinajstić information content (AvgIpc) is 3.10. The third kappa shape index (κ3) is 4.25. The van der Waals surface area contributed by atoms with Gasteiger partial charge in [0.2, 0.25) is 17.7 Å². The molecule has 1 aliphatic carbocycles. The molecule has 33 heavy (non-hydrogen) atoms. The summed E-state index contributed by atoms with van der Waals surface area (Å²) in [7, 11) is 1.58. The number of hydrogen-bond donors (Lipinski definition) is 3. The van der Waals surface area contributed by atoms with Crippen molar-refractivity contribution in [3.8, 4) is 0 Å². The van der Waals surface area contributed by atoms with Gasteiger partial charge in [-0.2, -0.15) is 0 Å². The number of benzene rings is 2. The second-order valence-corrected chi connectivity index (χ2v) is 8.83. The molecular formula is C26H31N3O4. The number of nitrogens with one attached hydrogen (secondary N) is 2. The number of hydrogen-bond acceptors (Lipinski definition) is 4. The first-order valence-electron chi connectivity index (χ1n) is 11.6. The first-order chi connectivity index (χ1) is 16.0. The van der Waals surface area contributed by atoms with Gasteiger partial charge in [0.05, 0.1) is 18.4 Å². The van der Waals surface area contributed by atoms with Crippen LogP contribution >= 0.6 is 0 Å². The molecule has 7 heteroatoms. The highest BCUT2D eigenvalue weighted by Crippen LogP contribution is 2.45. The summed E-state index contributed by atoms with van der Waals surface area (Å²) in [5.74, 6) is -2.37. The number of rotatable bonds is 7. The summed E-state index contributed by atoms with van der Waals surface area (Å²) < 4.78 is 0. The molecule has 0 saturated carbocycles. The summed E-state index contributed by atoms with van der Waals surface area (Å²) >= 11 is 0. The largest absolute Gasteiger partial charge is 0.395 e. The van der Waals surface area contributed by atoms with E-state index in [1.807, 2.05) is 54.6 Å². The fraction of sp³-hybridized carbons (Fsp3) is 0.423. The lowest BCUT2D eigenvalue weighted by atomic mass is 9.68. The van der Waals surface area contributed by atoms with Gasteiger partial charge >= 0.3 is 0 Å². The summed E-state index contributed by atoms with van der Waals surface area (Å²) in [6.45, 7) is 1.85. The molecule has 1 fully saturated rings. The number of aliphatic hydroxyl groups excluding tert-OH is 1. The van der Waals surface area contributed by atoms with Gasteiger partial charge in [-0.15, -0.1) is 0 Å². The molecule has 2 aliphatic rings. The Bertz CT molecular complexity index is 1080. The SMILES string of the molecule is CCC[C@@H]1C=C[C@H]2[C@@H](C(=O)N(CCO)[C@@H]2C(=O)Nc2ccc3ccccc3c2)[C@@H]1C(=O)NC. The van der Waals surface area contributed by atoms with Crippen LogP contribution in [0.1, 0.15) is 19.8 Å². The summed E-state index contributed by atoms with van der Waals surface area (Å²) in [4.78, 5) is 41.2. The molecule has 1 aliphatic heterocycles. The molecular weight excluding hydrogens is 418 g/mol. The summed E-state index contributed by atoms with van der Waals surface area (Å²) in [6.07, 6.45) is 5.61. The van der Waals surface area contributed by atoms with Crippen LogP contribution in [0.4, 0.5) is 5.69 Å². The number of anilines is 1. The predicted octanol–water partition coefficient (Wildman–Crippen LogP) is 2.56. The van der Waals surface area contributed by atoms with E-state index in [1.54, 1.807) is 7.05 Å². The summed E-state index contributed by atoms with van der Waals surface area (Å²) in [5, 5.41) is 17.4. The molecule has 3 amide bonds.